The molecule has 1 fully saturated rings. The van der Waals surface area contributed by atoms with Crippen molar-refractivity contribution in [3.8, 4) is 0 Å². The number of likely N-dealkylation sites (N-methyl/N-ethyl adjacent to an activating group) is 1. The van der Waals surface area contributed by atoms with Gasteiger partial charge in [0.15, 0.2) is 0 Å². The van der Waals surface area contributed by atoms with Crippen LogP contribution in [0, 0.1) is 5.92 Å². The predicted molar refractivity (Wildman–Crippen MR) is 80.2 cm³/mol. The first-order chi connectivity index (χ1) is 9.00. The van der Waals surface area contributed by atoms with Crippen molar-refractivity contribution in [3.63, 3.8) is 0 Å². The van der Waals surface area contributed by atoms with Crippen LogP contribution in [0.2, 0.25) is 0 Å². The predicted octanol–water partition coefficient (Wildman–Crippen LogP) is 1.56. The first kappa shape index (κ1) is 16.4. The number of carbonyl (C=O) groups excluding carboxylic acids is 1. The monoisotopic (exact) mass is 269 g/mol. The second-order valence-electron chi connectivity index (χ2n) is 6.34. The van der Waals surface area contributed by atoms with E-state index in [0.29, 0.717) is 11.8 Å². The first-order valence-corrected chi connectivity index (χ1v) is 7.67. The van der Waals surface area contributed by atoms with Gasteiger partial charge in [0.2, 0.25) is 5.91 Å². The molecule has 1 unspecified atom stereocenters. The molecule has 1 rings (SSSR count). The molecular weight excluding hydrogens is 238 g/mol. The molecule has 112 valence electrons. The molecule has 4 heteroatoms. The van der Waals surface area contributed by atoms with Crippen molar-refractivity contribution >= 4 is 5.91 Å². The molecule has 1 heterocycles. The highest BCUT2D eigenvalue weighted by Crippen LogP contribution is 2.12. The lowest BCUT2D eigenvalue weighted by Crippen LogP contribution is -2.49. The normalized spacial score (nSPS) is 20.6. The molecule has 1 atom stereocenters. The van der Waals surface area contributed by atoms with Gasteiger partial charge in [-0.15, -0.1) is 0 Å². The van der Waals surface area contributed by atoms with Gasteiger partial charge < -0.3 is 15.1 Å². The van der Waals surface area contributed by atoms with Crippen LogP contribution in [0.3, 0.4) is 0 Å². The van der Waals surface area contributed by atoms with Crippen LogP contribution >= 0.6 is 0 Å². The summed E-state index contributed by atoms with van der Waals surface area (Å²) in [5.41, 5.74) is 0. The zero-order chi connectivity index (χ0) is 14.3. The Balaban J connectivity index is 2.57. The molecule has 1 aliphatic rings. The summed E-state index contributed by atoms with van der Waals surface area (Å²) in [6.45, 7) is 7.98. The number of amides is 1. The largest absolute Gasteiger partial charge is 0.340 e. The zero-order valence-corrected chi connectivity index (χ0v) is 13.1. The molecule has 19 heavy (non-hydrogen) atoms. The van der Waals surface area contributed by atoms with Crippen LogP contribution in [0.5, 0.6) is 0 Å². The Morgan fingerprint density at radius 3 is 2.58 bits per heavy atom. The van der Waals surface area contributed by atoms with E-state index in [9.17, 15) is 4.79 Å². The van der Waals surface area contributed by atoms with Gasteiger partial charge in [-0.25, -0.2) is 0 Å². The van der Waals surface area contributed by atoms with Crippen molar-refractivity contribution in [2.75, 3.05) is 40.3 Å². The lowest BCUT2D eigenvalue weighted by atomic mass is 10.1. The van der Waals surface area contributed by atoms with E-state index < -0.39 is 0 Å². The fourth-order valence-electron chi connectivity index (χ4n) is 2.51. The average molecular weight is 269 g/mol. The summed E-state index contributed by atoms with van der Waals surface area (Å²) < 4.78 is 0. The third-order valence-electron chi connectivity index (χ3n) is 3.57. The molecule has 0 aromatic rings. The number of nitrogens with zero attached hydrogens (tertiary/aromatic N) is 2. The third kappa shape index (κ3) is 6.39. The Morgan fingerprint density at radius 2 is 1.95 bits per heavy atom. The first-order valence-electron chi connectivity index (χ1n) is 7.67. The minimum Gasteiger partial charge on any atom is -0.340 e. The quantitative estimate of drug-likeness (QED) is 0.795. The summed E-state index contributed by atoms with van der Waals surface area (Å²) in [5.74, 6) is 0.828. The smallest absolute Gasteiger partial charge is 0.239 e. The molecule has 0 aromatic carbocycles. The minimum absolute atomic E-state index is 0.0448. The molecule has 0 bridgehead atoms. The third-order valence-corrected chi connectivity index (χ3v) is 3.57. The number of carbonyl (C=O) groups is 1. The van der Waals surface area contributed by atoms with Crippen molar-refractivity contribution in [2.24, 2.45) is 5.92 Å². The average Bonchev–Trinajstić information content (AvgIpc) is 2.61. The van der Waals surface area contributed by atoms with Crippen molar-refractivity contribution in [1.82, 2.24) is 15.1 Å². The molecule has 0 saturated carbocycles. The van der Waals surface area contributed by atoms with Crippen LogP contribution in [0.1, 0.15) is 39.5 Å². The molecular formula is C15H31N3O. The Hall–Kier alpha value is -0.610. The highest BCUT2D eigenvalue weighted by atomic mass is 16.2. The number of hydrogen-bond donors (Lipinski definition) is 1. The van der Waals surface area contributed by atoms with Crippen LogP contribution in [-0.4, -0.2) is 62.0 Å². The zero-order valence-electron chi connectivity index (χ0n) is 13.1. The summed E-state index contributed by atoms with van der Waals surface area (Å²) >= 11 is 0. The van der Waals surface area contributed by atoms with Crippen LogP contribution < -0.4 is 5.32 Å². The lowest BCUT2D eigenvalue weighted by Gasteiger charge is -2.29. The SMILES string of the molecule is CC(C)CN(CCN(C)C)C(=O)C1CCCCCN1. The lowest BCUT2D eigenvalue weighted by molar-refractivity contribution is -0.134. The van der Waals surface area contributed by atoms with E-state index in [4.69, 9.17) is 0 Å². The maximum absolute atomic E-state index is 12.6. The summed E-state index contributed by atoms with van der Waals surface area (Å²) in [6, 6.07) is 0.0448. The maximum atomic E-state index is 12.6. The van der Waals surface area contributed by atoms with E-state index in [2.05, 4.69) is 38.2 Å². The Morgan fingerprint density at radius 1 is 1.21 bits per heavy atom. The molecule has 1 saturated heterocycles. The molecule has 1 amide bonds. The summed E-state index contributed by atoms with van der Waals surface area (Å²) in [4.78, 5) is 16.8. The van der Waals surface area contributed by atoms with Crippen molar-refractivity contribution in [1.29, 1.82) is 0 Å². The van der Waals surface area contributed by atoms with E-state index in [1.54, 1.807) is 0 Å². The van der Waals surface area contributed by atoms with Crippen molar-refractivity contribution < 1.29 is 4.79 Å². The van der Waals surface area contributed by atoms with Crippen LogP contribution in [0.25, 0.3) is 0 Å². The highest BCUT2D eigenvalue weighted by molar-refractivity contribution is 5.82. The van der Waals surface area contributed by atoms with Gasteiger partial charge >= 0.3 is 0 Å². The van der Waals surface area contributed by atoms with E-state index in [0.717, 1.165) is 32.6 Å². The fraction of sp³-hybridized carbons (Fsp3) is 0.933. The molecule has 0 aromatic heterocycles. The van der Waals surface area contributed by atoms with Crippen molar-refractivity contribution in [2.45, 2.75) is 45.6 Å². The topological polar surface area (TPSA) is 35.6 Å². The Bertz CT molecular complexity index is 258. The van der Waals surface area contributed by atoms with Crippen LogP contribution in [0.15, 0.2) is 0 Å². The van der Waals surface area contributed by atoms with Gasteiger partial charge in [-0.3, -0.25) is 4.79 Å². The minimum atomic E-state index is 0.0448. The van der Waals surface area contributed by atoms with E-state index in [1.807, 2.05) is 4.90 Å². The highest BCUT2D eigenvalue weighted by Gasteiger charge is 2.25. The van der Waals surface area contributed by atoms with Crippen molar-refractivity contribution in [3.05, 3.63) is 0 Å². The van der Waals surface area contributed by atoms with Gasteiger partial charge in [0, 0.05) is 19.6 Å². The summed E-state index contributed by atoms with van der Waals surface area (Å²) in [7, 11) is 4.11. The maximum Gasteiger partial charge on any atom is 0.239 e. The fourth-order valence-corrected chi connectivity index (χ4v) is 2.51. The molecule has 4 nitrogen and oxygen atoms in total. The molecule has 0 spiro atoms. The molecule has 1 N–H and O–H groups in total. The summed E-state index contributed by atoms with van der Waals surface area (Å²) in [6.07, 6.45) is 4.62. The van der Waals surface area contributed by atoms with E-state index in [1.165, 1.54) is 19.3 Å². The summed E-state index contributed by atoms with van der Waals surface area (Å²) in [5, 5.41) is 3.42. The standard InChI is InChI=1S/C15H31N3O/c1-13(2)12-18(11-10-17(3)4)15(19)14-8-6-5-7-9-16-14/h13-14,16H,5-12H2,1-4H3. The van der Waals surface area contributed by atoms with Gasteiger partial charge in [0.25, 0.3) is 0 Å². The number of rotatable bonds is 6. The molecule has 1 aliphatic heterocycles. The second kappa shape index (κ2) is 8.54. The van der Waals surface area contributed by atoms with Gasteiger partial charge in [-0.1, -0.05) is 26.7 Å². The Kier molecular flexibility index (Phi) is 7.39. The van der Waals surface area contributed by atoms with Gasteiger partial charge in [-0.05, 0) is 39.4 Å². The van der Waals surface area contributed by atoms with Gasteiger partial charge in [0.1, 0.15) is 0 Å². The van der Waals surface area contributed by atoms with Crippen LogP contribution in [-0.2, 0) is 4.79 Å². The Labute approximate surface area is 118 Å². The molecule has 0 radical (unpaired) electrons. The van der Waals surface area contributed by atoms with E-state index >= 15 is 0 Å². The van der Waals surface area contributed by atoms with E-state index in [-0.39, 0.29) is 6.04 Å². The number of nitrogens with one attached hydrogen (secondary N) is 1. The van der Waals surface area contributed by atoms with Gasteiger partial charge in [0.05, 0.1) is 6.04 Å². The number of hydrogen-bond acceptors (Lipinski definition) is 3. The van der Waals surface area contributed by atoms with Crippen LogP contribution in [0.4, 0.5) is 0 Å². The second-order valence-corrected chi connectivity index (χ2v) is 6.34. The molecule has 0 aliphatic carbocycles. The van der Waals surface area contributed by atoms with Gasteiger partial charge in [-0.2, -0.15) is 0 Å².